The smallest absolute Gasteiger partial charge is 0.219 e. The summed E-state index contributed by atoms with van der Waals surface area (Å²) in [5, 5.41) is 1.12. The summed E-state index contributed by atoms with van der Waals surface area (Å²) in [6.45, 7) is 7.98. The van der Waals surface area contributed by atoms with Gasteiger partial charge >= 0.3 is 0 Å². The fourth-order valence-corrected chi connectivity index (χ4v) is 2.36. The average molecular weight is 260 g/mol. The molecule has 1 aliphatic rings. The topological polar surface area (TPSA) is 47.1 Å². The molecule has 102 valence electrons. The van der Waals surface area contributed by atoms with Gasteiger partial charge in [0.05, 0.1) is 13.2 Å². The van der Waals surface area contributed by atoms with Crippen LogP contribution in [0.4, 0.5) is 0 Å². The van der Waals surface area contributed by atoms with Crippen LogP contribution in [0.15, 0.2) is 18.3 Å². The summed E-state index contributed by atoms with van der Waals surface area (Å²) >= 11 is 0. The van der Waals surface area contributed by atoms with Gasteiger partial charge in [0.25, 0.3) is 0 Å². The molecule has 4 heteroatoms. The largest absolute Gasteiger partial charge is 0.472 e. The number of rotatable bonds is 2. The maximum absolute atomic E-state index is 6.05. The van der Waals surface area contributed by atoms with E-state index in [9.17, 15) is 0 Å². The molecule has 2 aromatic rings. The van der Waals surface area contributed by atoms with E-state index < -0.39 is 0 Å². The zero-order valence-electron chi connectivity index (χ0n) is 11.7. The number of ether oxygens (including phenoxy) is 2. The third-order valence-electron chi connectivity index (χ3n) is 3.47. The lowest BCUT2D eigenvalue weighted by atomic mass is 9.87. The quantitative estimate of drug-likeness (QED) is 0.902. The Morgan fingerprint density at radius 2 is 2.26 bits per heavy atom. The highest BCUT2D eigenvalue weighted by atomic mass is 16.5. The Bertz CT molecular complexity index is 577. The molecule has 4 nitrogen and oxygen atoms in total. The Morgan fingerprint density at radius 1 is 1.42 bits per heavy atom. The lowest BCUT2D eigenvalue weighted by Gasteiger charge is -2.23. The zero-order valence-corrected chi connectivity index (χ0v) is 11.7. The highest BCUT2D eigenvalue weighted by molar-refractivity contribution is 5.77. The number of nitrogens with one attached hydrogen (secondary N) is 1. The van der Waals surface area contributed by atoms with Crippen LogP contribution in [0.5, 0.6) is 5.88 Å². The Balaban J connectivity index is 2.03. The molecule has 0 spiro atoms. The number of nitrogens with zero attached hydrogens (tertiary/aromatic N) is 1. The van der Waals surface area contributed by atoms with E-state index in [2.05, 4.69) is 36.8 Å². The fraction of sp³-hybridized carbons (Fsp3) is 0.533. The summed E-state index contributed by atoms with van der Waals surface area (Å²) in [7, 11) is 0. The van der Waals surface area contributed by atoms with Crippen LogP contribution in [0, 0.1) is 0 Å². The van der Waals surface area contributed by atoms with Gasteiger partial charge < -0.3 is 14.5 Å². The number of fused-ring (bicyclic) bond motifs is 1. The standard InChI is InChI=1S/C15H20N2O2/c1-15(2,3)12-8-10-4-6-16-13(10)17-14(12)19-11-5-7-18-9-11/h4,6,8,11H,5,7,9H2,1-3H3,(H,16,17). The van der Waals surface area contributed by atoms with Crippen LogP contribution in [0.25, 0.3) is 11.0 Å². The second-order valence-electron chi connectivity index (χ2n) is 6.11. The van der Waals surface area contributed by atoms with Gasteiger partial charge in [-0.1, -0.05) is 20.8 Å². The Kier molecular flexibility index (Phi) is 2.97. The summed E-state index contributed by atoms with van der Waals surface area (Å²) in [6, 6.07) is 4.21. The van der Waals surface area contributed by atoms with Crippen molar-refractivity contribution in [2.24, 2.45) is 0 Å². The molecule has 1 unspecified atom stereocenters. The monoisotopic (exact) mass is 260 g/mol. The molecule has 19 heavy (non-hydrogen) atoms. The number of pyridine rings is 1. The van der Waals surface area contributed by atoms with Crippen LogP contribution in [-0.4, -0.2) is 29.3 Å². The van der Waals surface area contributed by atoms with Gasteiger partial charge in [-0.3, -0.25) is 0 Å². The van der Waals surface area contributed by atoms with Crippen LogP contribution in [0.2, 0.25) is 0 Å². The normalized spacial score (nSPS) is 20.1. The molecule has 0 aliphatic carbocycles. The molecule has 0 radical (unpaired) electrons. The highest BCUT2D eigenvalue weighted by Crippen LogP contribution is 2.33. The molecule has 1 aliphatic heterocycles. The summed E-state index contributed by atoms with van der Waals surface area (Å²) in [5.41, 5.74) is 2.03. The second kappa shape index (κ2) is 4.53. The third-order valence-corrected chi connectivity index (χ3v) is 3.47. The maximum Gasteiger partial charge on any atom is 0.219 e. The molecule has 1 saturated heterocycles. The molecule has 3 rings (SSSR count). The number of hydrogen-bond donors (Lipinski definition) is 1. The zero-order chi connectivity index (χ0) is 13.5. The van der Waals surface area contributed by atoms with E-state index in [4.69, 9.17) is 9.47 Å². The van der Waals surface area contributed by atoms with Crippen molar-refractivity contribution in [1.29, 1.82) is 0 Å². The SMILES string of the molecule is CC(C)(C)c1cc2cc[nH]c2nc1OC1CCOC1. The first-order valence-electron chi connectivity index (χ1n) is 6.77. The van der Waals surface area contributed by atoms with Crippen molar-refractivity contribution in [3.8, 4) is 5.88 Å². The summed E-state index contributed by atoms with van der Waals surface area (Å²) in [4.78, 5) is 7.77. The van der Waals surface area contributed by atoms with Crippen molar-refractivity contribution in [2.45, 2.75) is 38.7 Å². The molecule has 0 bridgehead atoms. The maximum atomic E-state index is 6.05. The Hall–Kier alpha value is -1.55. The molecule has 2 aromatic heterocycles. The molecule has 1 fully saturated rings. The first kappa shape index (κ1) is 12.5. The molecular weight excluding hydrogens is 240 g/mol. The van der Waals surface area contributed by atoms with Crippen LogP contribution in [-0.2, 0) is 10.2 Å². The number of hydrogen-bond acceptors (Lipinski definition) is 3. The van der Waals surface area contributed by atoms with Gasteiger partial charge in [0.15, 0.2) is 0 Å². The highest BCUT2D eigenvalue weighted by Gasteiger charge is 2.25. The van der Waals surface area contributed by atoms with Crippen molar-refractivity contribution in [3.05, 3.63) is 23.9 Å². The number of aromatic nitrogens is 2. The van der Waals surface area contributed by atoms with Crippen LogP contribution in [0.1, 0.15) is 32.8 Å². The summed E-state index contributed by atoms with van der Waals surface area (Å²) in [5.74, 6) is 0.734. The van der Waals surface area contributed by atoms with E-state index in [1.165, 1.54) is 0 Å². The van der Waals surface area contributed by atoms with E-state index >= 15 is 0 Å². The van der Waals surface area contributed by atoms with E-state index in [-0.39, 0.29) is 11.5 Å². The average Bonchev–Trinajstić information content (AvgIpc) is 2.96. The van der Waals surface area contributed by atoms with Crippen molar-refractivity contribution >= 4 is 11.0 Å². The molecule has 1 atom stereocenters. The van der Waals surface area contributed by atoms with Gasteiger partial charge in [-0.05, 0) is 17.5 Å². The van der Waals surface area contributed by atoms with E-state index in [0.717, 1.165) is 35.5 Å². The van der Waals surface area contributed by atoms with Crippen molar-refractivity contribution in [1.82, 2.24) is 9.97 Å². The molecule has 3 heterocycles. The molecular formula is C15H20N2O2. The fourth-order valence-electron chi connectivity index (χ4n) is 2.36. The van der Waals surface area contributed by atoms with Gasteiger partial charge in [0.2, 0.25) is 5.88 Å². The number of aromatic amines is 1. The van der Waals surface area contributed by atoms with Gasteiger partial charge in [0, 0.05) is 23.6 Å². The Labute approximate surface area is 113 Å². The third kappa shape index (κ3) is 2.45. The van der Waals surface area contributed by atoms with E-state index in [1.807, 2.05) is 12.3 Å². The van der Waals surface area contributed by atoms with Crippen LogP contribution >= 0.6 is 0 Å². The predicted octanol–water partition coefficient (Wildman–Crippen LogP) is 3.03. The first-order valence-corrected chi connectivity index (χ1v) is 6.77. The summed E-state index contributed by atoms with van der Waals surface area (Å²) < 4.78 is 11.4. The van der Waals surface area contributed by atoms with Gasteiger partial charge in [-0.25, -0.2) is 0 Å². The summed E-state index contributed by atoms with van der Waals surface area (Å²) in [6.07, 6.45) is 2.97. The minimum atomic E-state index is 0.00720. The first-order chi connectivity index (χ1) is 9.04. The minimum absolute atomic E-state index is 0.00720. The number of H-pyrrole nitrogens is 1. The van der Waals surface area contributed by atoms with E-state index in [0.29, 0.717) is 6.61 Å². The Morgan fingerprint density at radius 3 is 2.95 bits per heavy atom. The van der Waals surface area contributed by atoms with Gasteiger partial charge in [0.1, 0.15) is 11.8 Å². The molecule has 0 saturated carbocycles. The van der Waals surface area contributed by atoms with Crippen LogP contribution in [0.3, 0.4) is 0 Å². The van der Waals surface area contributed by atoms with Gasteiger partial charge in [-0.2, -0.15) is 4.98 Å². The van der Waals surface area contributed by atoms with Gasteiger partial charge in [-0.15, -0.1) is 0 Å². The molecule has 1 N–H and O–H groups in total. The molecule has 0 aromatic carbocycles. The van der Waals surface area contributed by atoms with E-state index in [1.54, 1.807) is 0 Å². The molecule has 0 amide bonds. The predicted molar refractivity (Wildman–Crippen MR) is 74.6 cm³/mol. The van der Waals surface area contributed by atoms with Crippen LogP contribution < -0.4 is 4.74 Å². The second-order valence-corrected chi connectivity index (χ2v) is 6.11. The van der Waals surface area contributed by atoms with Crippen molar-refractivity contribution < 1.29 is 9.47 Å². The lowest BCUT2D eigenvalue weighted by molar-refractivity contribution is 0.136. The van der Waals surface area contributed by atoms with Crippen molar-refractivity contribution in [2.75, 3.05) is 13.2 Å². The lowest BCUT2D eigenvalue weighted by Crippen LogP contribution is -2.21. The van der Waals surface area contributed by atoms with Crippen molar-refractivity contribution in [3.63, 3.8) is 0 Å². The minimum Gasteiger partial charge on any atom is -0.472 e.